The van der Waals surface area contributed by atoms with E-state index in [1.54, 1.807) is 21.3 Å². The Morgan fingerprint density at radius 1 is 0.964 bits per heavy atom. The molecule has 0 bridgehead atoms. The number of ether oxygens (including phenoxy) is 3. The minimum Gasteiger partial charge on any atom is -0.496 e. The summed E-state index contributed by atoms with van der Waals surface area (Å²) in [6, 6.07) is 11.6. The summed E-state index contributed by atoms with van der Waals surface area (Å²) in [6.45, 7) is 3.99. The van der Waals surface area contributed by atoms with Crippen molar-refractivity contribution >= 4 is 17.6 Å². The summed E-state index contributed by atoms with van der Waals surface area (Å²) in [5.74, 6) is 2.71. The fourth-order valence-corrected chi connectivity index (χ4v) is 2.95. The number of nitrogens with one attached hydrogen (secondary N) is 2. The summed E-state index contributed by atoms with van der Waals surface area (Å²) >= 11 is 6.04. The summed E-state index contributed by atoms with van der Waals surface area (Å²) < 4.78 is 16.2. The molecule has 2 aromatic carbocycles. The quantitative estimate of drug-likeness (QED) is 0.492. The van der Waals surface area contributed by atoms with E-state index in [1.165, 1.54) is 5.56 Å². The number of rotatable bonds is 9. The average Bonchev–Trinajstić information content (AvgIpc) is 2.71. The molecule has 0 atom stereocenters. The molecule has 0 spiro atoms. The molecule has 0 unspecified atom stereocenters. The van der Waals surface area contributed by atoms with Crippen LogP contribution in [0.4, 0.5) is 0 Å². The van der Waals surface area contributed by atoms with Crippen molar-refractivity contribution in [3.63, 3.8) is 0 Å². The first-order valence-corrected chi connectivity index (χ1v) is 9.54. The molecule has 0 amide bonds. The van der Waals surface area contributed by atoms with Crippen molar-refractivity contribution in [1.29, 1.82) is 0 Å². The number of aliphatic imine (C=N–C) groups is 1. The number of methoxy groups -OCH3 is 3. The standard InChI is InChI=1S/C21H28ClN3O3/c1-5-23-21(24-10-9-15-7-6-8-17(22)11-15)25-14-16-12-19(27-3)20(28-4)13-18(16)26-2/h6-8,11-13H,5,9-10,14H2,1-4H3,(H2,23,24,25). The van der Waals surface area contributed by atoms with Gasteiger partial charge in [0.2, 0.25) is 0 Å². The molecule has 0 saturated heterocycles. The van der Waals surface area contributed by atoms with E-state index in [2.05, 4.69) is 21.7 Å². The van der Waals surface area contributed by atoms with Crippen LogP contribution in [-0.2, 0) is 13.0 Å². The highest BCUT2D eigenvalue weighted by Gasteiger charge is 2.11. The van der Waals surface area contributed by atoms with Gasteiger partial charge in [0.25, 0.3) is 0 Å². The lowest BCUT2D eigenvalue weighted by Gasteiger charge is -2.14. The molecule has 0 saturated carbocycles. The summed E-state index contributed by atoms with van der Waals surface area (Å²) in [7, 11) is 4.84. The fraction of sp³-hybridized carbons (Fsp3) is 0.381. The number of benzene rings is 2. The molecule has 2 aromatic rings. The molecular weight excluding hydrogens is 378 g/mol. The van der Waals surface area contributed by atoms with E-state index in [1.807, 2.05) is 37.3 Å². The van der Waals surface area contributed by atoms with Crippen molar-refractivity contribution in [2.45, 2.75) is 19.9 Å². The molecule has 0 fully saturated rings. The monoisotopic (exact) mass is 405 g/mol. The predicted molar refractivity (Wildman–Crippen MR) is 114 cm³/mol. The Hall–Kier alpha value is -2.60. The van der Waals surface area contributed by atoms with Gasteiger partial charge in [-0.05, 0) is 37.1 Å². The van der Waals surface area contributed by atoms with E-state index in [0.29, 0.717) is 23.8 Å². The van der Waals surface area contributed by atoms with E-state index in [9.17, 15) is 0 Å². The summed E-state index contributed by atoms with van der Waals surface area (Å²) in [5.41, 5.74) is 2.09. The average molecular weight is 406 g/mol. The van der Waals surface area contributed by atoms with Crippen molar-refractivity contribution in [3.05, 3.63) is 52.5 Å². The van der Waals surface area contributed by atoms with Gasteiger partial charge in [0, 0.05) is 29.7 Å². The highest BCUT2D eigenvalue weighted by atomic mass is 35.5. The van der Waals surface area contributed by atoms with Crippen molar-refractivity contribution in [2.24, 2.45) is 4.99 Å². The van der Waals surface area contributed by atoms with Crippen LogP contribution in [0.1, 0.15) is 18.1 Å². The van der Waals surface area contributed by atoms with Gasteiger partial charge in [-0.3, -0.25) is 0 Å². The zero-order valence-electron chi connectivity index (χ0n) is 16.8. The van der Waals surface area contributed by atoms with Crippen LogP contribution in [0.3, 0.4) is 0 Å². The van der Waals surface area contributed by atoms with Crippen LogP contribution in [0.5, 0.6) is 17.2 Å². The largest absolute Gasteiger partial charge is 0.496 e. The molecular formula is C21H28ClN3O3. The summed E-state index contributed by atoms with van der Waals surface area (Å²) in [4.78, 5) is 4.66. The molecule has 2 N–H and O–H groups in total. The van der Waals surface area contributed by atoms with Crippen LogP contribution < -0.4 is 24.8 Å². The van der Waals surface area contributed by atoms with Crippen molar-refractivity contribution < 1.29 is 14.2 Å². The van der Waals surface area contributed by atoms with Crippen LogP contribution in [0.25, 0.3) is 0 Å². The van der Waals surface area contributed by atoms with Crippen LogP contribution in [0.2, 0.25) is 5.02 Å². The zero-order valence-corrected chi connectivity index (χ0v) is 17.6. The first-order chi connectivity index (χ1) is 13.6. The van der Waals surface area contributed by atoms with Gasteiger partial charge in [0.05, 0.1) is 27.9 Å². The molecule has 0 aliphatic rings. The molecule has 0 radical (unpaired) electrons. The second-order valence-corrected chi connectivity index (χ2v) is 6.46. The zero-order chi connectivity index (χ0) is 20.4. The van der Waals surface area contributed by atoms with Gasteiger partial charge >= 0.3 is 0 Å². The number of guanidine groups is 1. The van der Waals surface area contributed by atoms with Gasteiger partial charge in [0.15, 0.2) is 17.5 Å². The molecule has 28 heavy (non-hydrogen) atoms. The maximum atomic E-state index is 6.04. The molecule has 0 heterocycles. The van der Waals surface area contributed by atoms with E-state index in [0.717, 1.165) is 36.1 Å². The lowest BCUT2D eigenvalue weighted by Crippen LogP contribution is -2.38. The maximum absolute atomic E-state index is 6.04. The molecule has 6 nitrogen and oxygen atoms in total. The van der Waals surface area contributed by atoms with E-state index >= 15 is 0 Å². The second kappa shape index (κ2) is 11.3. The van der Waals surface area contributed by atoms with E-state index in [4.69, 9.17) is 25.8 Å². The van der Waals surface area contributed by atoms with Gasteiger partial charge < -0.3 is 24.8 Å². The van der Waals surface area contributed by atoms with Crippen molar-refractivity contribution in [2.75, 3.05) is 34.4 Å². The third-order valence-electron chi connectivity index (χ3n) is 4.13. The first-order valence-electron chi connectivity index (χ1n) is 9.16. The number of nitrogens with zero attached hydrogens (tertiary/aromatic N) is 1. The normalized spacial score (nSPS) is 11.1. The lowest BCUT2D eigenvalue weighted by atomic mass is 10.1. The molecule has 7 heteroatoms. The van der Waals surface area contributed by atoms with E-state index in [-0.39, 0.29) is 0 Å². The first kappa shape index (κ1) is 21.7. The van der Waals surface area contributed by atoms with Gasteiger partial charge in [-0.2, -0.15) is 0 Å². The van der Waals surface area contributed by atoms with Crippen molar-refractivity contribution in [1.82, 2.24) is 10.6 Å². The highest BCUT2D eigenvalue weighted by molar-refractivity contribution is 6.30. The summed E-state index contributed by atoms with van der Waals surface area (Å²) in [6.07, 6.45) is 0.852. The Labute approximate surface area is 171 Å². The Balaban J connectivity index is 2.07. The number of hydrogen-bond acceptors (Lipinski definition) is 4. The third-order valence-corrected chi connectivity index (χ3v) is 4.37. The number of hydrogen-bond donors (Lipinski definition) is 2. The Morgan fingerprint density at radius 2 is 1.68 bits per heavy atom. The number of halogens is 1. The van der Waals surface area contributed by atoms with Crippen LogP contribution in [0.15, 0.2) is 41.4 Å². The maximum Gasteiger partial charge on any atom is 0.191 e. The van der Waals surface area contributed by atoms with Crippen LogP contribution in [-0.4, -0.2) is 40.4 Å². The van der Waals surface area contributed by atoms with Gasteiger partial charge in [0.1, 0.15) is 5.75 Å². The Morgan fingerprint density at radius 3 is 2.32 bits per heavy atom. The minimum atomic E-state index is 0.441. The molecule has 0 aliphatic heterocycles. The topological polar surface area (TPSA) is 64.1 Å². The van der Waals surface area contributed by atoms with E-state index < -0.39 is 0 Å². The predicted octanol–water partition coefficient (Wildman–Crippen LogP) is 3.66. The molecule has 0 aliphatic carbocycles. The van der Waals surface area contributed by atoms with Crippen LogP contribution >= 0.6 is 11.6 Å². The Bertz CT molecular complexity index is 796. The van der Waals surface area contributed by atoms with Crippen LogP contribution in [0, 0.1) is 0 Å². The second-order valence-electron chi connectivity index (χ2n) is 6.02. The molecule has 2 rings (SSSR count). The lowest BCUT2D eigenvalue weighted by molar-refractivity contribution is 0.347. The van der Waals surface area contributed by atoms with Gasteiger partial charge in [-0.25, -0.2) is 4.99 Å². The Kier molecular flexibility index (Phi) is 8.75. The highest BCUT2D eigenvalue weighted by Crippen LogP contribution is 2.34. The SMILES string of the molecule is CCNC(=NCc1cc(OC)c(OC)cc1OC)NCCc1cccc(Cl)c1. The van der Waals surface area contributed by atoms with Gasteiger partial charge in [-0.15, -0.1) is 0 Å². The molecule has 152 valence electrons. The molecule has 0 aromatic heterocycles. The smallest absolute Gasteiger partial charge is 0.191 e. The third kappa shape index (κ3) is 6.23. The fourth-order valence-electron chi connectivity index (χ4n) is 2.74. The van der Waals surface area contributed by atoms with Gasteiger partial charge in [-0.1, -0.05) is 23.7 Å². The summed E-state index contributed by atoms with van der Waals surface area (Å²) in [5, 5.41) is 7.35. The minimum absolute atomic E-state index is 0.441. The van der Waals surface area contributed by atoms with Crippen molar-refractivity contribution in [3.8, 4) is 17.2 Å².